The number of nitrogens with zero attached hydrogens (tertiary/aromatic N) is 2. The number of aryl methyl sites for hydroxylation is 1. The number of sulfonamides is 1. The Morgan fingerprint density at radius 3 is 2.27 bits per heavy atom. The van der Waals surface area contributed by atoms with Crippen LogP contribution in [0, 0.1) is 6.92 Å². The van der Waals surface area contributed by atoms with Crippen LogP contribution >= 0.6 is 23.2 Å². The Bertz CT molecular complexity index is 1370. The number of hydrogen-bond acceptors (Lipinski definition) is 4. The minimum atomic E-state index is -4.16. The smallest absolute Gasteiger partial charge is 0.264 e. The topological polar surface area (TPSA) is 86.8 Å². The van der Waals surface area contributed by atoms with E-state index in [1.165, 1.54) is 35.2 Å². The van der Waals surface area contributed by atoms with Gasteiger partial charge in [-0.15, -0.1) is 0 Å². The third kappa shape index (κ3) is 7.03. The van der Waals surface area contributed by atoms with E-state index in [0.29, 0.717) is 6.54 Å². The van der Waals surface area contributed by atoms with Crippen LogP contribution in [0.1, 0.15) is 25.0 Å². The average Bonchev–Trinajstić information content (AvgIpc) is 2.87. The second-order valence-corrected chi connectivity index (χ2v) is 11.2. The maximum atomic E-state index is 13.8. The highest BCUT2D eigenvalue weighted by atomic mass is 35.5. The molecule has 0 unspecified atom stereocenters. The maximum Gasteiger partial charge on any atom is 0.264 e. The number of likely N-dealkylation sites (N-methyl/N-ethyl adjacent to an activating group) is 1. The number of amides is 2. The molecule has 0 aliphatic heterocycles. The molecule has 0 saturated heterocycles. The summed E-state index contributed by atoms with van der Waals surface area (Å²) in [5.41, 5.74) is 1.99. The van der Waals surface area contributed by atoms with Gasteiger partial charge in [0, 0.05) is 13.1 Å². The molecule has 1 N–H and O–H groups in total. The van der Waals surface area contributed by atoms with E-state index < -0.39 is 28.5 Å². The number of hydrogen-bond donors (Lipinski definition) is 1. The Labute approximate surface area is 228 Å². The van der Waals surface area contributed by atoms with Crippen LogP contribution in [0.4, 0.5) is 5.69 Å². The third-order valence-electron chi connectivity index (χ3n) is 5.75. The molecule has 3 rings (SSSR count). The van der Waals surface area contributed by atoms with E-state index >= 15 is 0 Å². The highest BCUT2D eigenvalue weighted by Gasteiger charge is 2.32. The third-order valence-corrected chi connectivity index (χ3v) is 8.28. The number of nitrogens with one attached hydrogen (secondary N) is 1. The van der Waals surface area contributed by atoms with Crippen molar-refractivity contribution in [3.05, 3.63) is 94.0 Å². The van der Waals surface area contributed by atoms with Crippen LogP contribution in [0.2, 0.25) is 10.0 Å². The van der Waals surface area contributed by atoms with Crippen LogP contribution < -0.4 is 9.62 Å². The molecule has 0 saturated carbocycles. The first-order chi connectivity index (χ1) is 17.5. The second-order valence-electron chi connectivity index (χ2n) is 8.50. The molecule has 0 fully saturated rings. The van der Waals surface area contributed by atoms with Gasteiger partial charge in [0.05, 0.1) is 20.6 Å². The van der Waals surface area contributed by atoms with Gasteiger partial charge in [0.15, 0.2) is 0 Å². The first-order valence-corrected chi connectivity index (χ1v) is 13.9. The van der Waals surface area contributed by atoms with Gasteiger partial charge in [0.1, 0.15) is 12.6 Å². The summed E-state index contributed by atoms with van der Waals surface area (Å²) in [6, 6.07) is 18.9. The fourth-order valence-corrected chi connectivity index (χ4v) is 5.52. The van der Waals surface area contributed by atoms with Crippen LogP contribution in [0.15, 0.2) is 77.7 Å². The summed E-state index contributed by atoms with van der Waals surface area (Å²) < 4.78 is 28.4. The van der Waals surface area contributed by atoms with Gasteiger partial charge in [-0.1, -0.05) is 71.2 Å². The standard InChI is InChI=1S/C27H29Cl2N3O4S/c1-4-30-27(34)20(3)31(17-21-10-8-9-19(2)15-21)26(33)18-32(22-13-14-24(28)25(29)16-22)37(35,36)23-11-6-5-7-12-23/h5-16,20H,4,17-18H2,1-3H3,(H,30,34)/t20-/m1/s1. The Morgan fingerprint density at radius 2 is 1.65 bits per heavy atom. The van der Waals surface area contributed by atoms with E-state index in [-0.39, 0.29) is 33.1 Å². The zero-order valence-corrected chi connectivity index (χ0v) is 23.1. The molecule has 196 valence electrons. The molecule has 0 aliphatic carbocycles. The van der Waals surface area contributed by atoms with E-state index in [1.54, 1.807) is 32.0 Å². The van der Waals surface area contributed by atoms with Crippen molar-refractivity contribution in [2.24, 2.45) is 0 Å². The summed E-state index contributed by atoms with van der Waals surface area (Å²) in [6.45, 7) is 5.31. The van der Waals surface area contributed by atoms with Crippen LogP contribution in [0.25, 0.3) is 0 Å². The monoisotopic (exact) mass is 561 g/mol. The molecule has 0 radical (unpaired) electrons. The van der Waals surface area contributed by atoms with Crippen molar-refractivity contribution < 1.29 is 18.0 Å². The molecule has 37 heavy (non-hydrogen) atoms. The number of halogens is 2. The summed E-state index contributed by atoms with van der Waals surface area (Å²) in [6.07, 6.45) is 0. The van der Waals surface area contributed by atoms with Crippen molar-refractivity contribution in [3.63, 3.8) is 0 Å². The van der Waals surface area contributed by atoms with Gasteiger partial charge < -0.3 is 10.2 Å². The minimum absolute atomic E-state index is 0.0101. The average molecular weight is 563 g/mol. The van der Waals surface area contributed by atoms with E-state index in [0.717, 1.165) is 15.4 Å². The van der Waals surface area contributed by atoms with Crippen molar-refractivity contribution >= 4 is 50.7 Å². The number of benzene rings is 3. The fraction of sp³-hybridized carbons (Fsp3) is 0.259. The molecule has 0 spiro atoms. The molecule has 2 amide bonds. The van der Waals surface area contributed by atoms with Crippen LogP contribution in [-0.2, 0) is 26.2 Å². The molecular weight excluding hydrogens is 533 g/mol. The molecule has 0 bridgehead atoms. The van der Waals surface area contributed by atoms with Gasteiger partial charge >= 0.3 is 0 Å². The van der Waals surface area contributed by atoms with Crippen molar-refractivity contribution in [2.75, 3.05) is 17.4 Å². The van der Waals surface area contributed by atoms with Crippen LogP contribution in [0.3, 0.4) is 0 Å². The molecule has 7 nitrogen and oxygen atoms in total. The summed E-state index contributed by atoms with van der Waals surface area (Å²) in [5.74, 6) is -0.888. The zero-order chi connectivity index (χ0) is 27.2. The minimum Gasteiger partial charge on any atom is -0.355 e. The second kappa shape index (κ2) is 12.4. The van der Waals surface area contributed by atoms with Gasteiger partial charge in [-0.3, -0.25) is 13.9 Å². The molecule has 0 aliphatic rings. The van der Waals surface area contributed by atoms with Crippen molar-refractivity contribution in [1.29, 1.82) is 0 Å². The molecule has 10 heteroatoms. The van der Waals surface area contributed by atoms with Crippen molar-refractivity contribution in [3.8, 4) is 0 Å². The fourth-order valence-electron chi connectivity index (χ4n) is 3.80. The molecule has 1 atom stereocenters. The van der Waals surface area contributed by atoms with Gasteiger partial charge in [0.25, 0.3) is 10.0 Å². The number of carbonyl (C=O) groups excluding carboxylic acids is 2. The zero-order valence-electron chi connectivity index (χ0n) is 20.8. The highest BCUT2D eigenvalue weighted by Crippen LogP contribution is 2.30. The summed E-state index contributed by atoms with van der Waals surface area (Å²) in [5, 5.41) is 3.13. The Hall–Kier alpha value is -3.07. The lowest BCUT2D eigenvalue weighted by Gasteiger charge is -2.32. The van der Waals surface area contributed by atoms with Gasteiger partial charge in [0.2, 0.25) is 11.8 Å². The molecular formula is C27H29Cl2N3O4S. The molecule has 0 aromatic heterocycles. The largest absolute Gasteiger partial charge is 0.355 e. The SMILES string of the molecule is CCNC(=O)[C@@H](C)N(Cc1cccc(C)c1)C(=O)CN(c1ccc(Cl)c(Cl)c1)S(=O)(=O)c1ccccc1. The first kappa shape index (κ1) is 28.5. The summed E-state index contributed by atoms with van der Waals surface area (Å²) in [7, 11) is -4.16. The van der Waals surface area contributed by atoms with Gasteiger partial charge in [-0.05, 0) is 56.7 Å². The quantitative estimate of drug-likeness (QED) is 0.375. The first-order valence-electron chi connectivity index (χ1n) is 11.7. The Kier molecular flexibility index (Phi) is 9.59. The highest BCUT2D eigenvalue weighted by molar-refractivity contribution is 7.92. The predicted molar refractivity (Wildman–Crippen MR) is 147 cm³/mol. The Balaban J connectivity index is 2.04. The predicted octanol–water partition coefficient (Wildman–Crippen LogP) is 5.05. The van der Waals surface area contributed by atoms with Crippen molar-refractivity contribution in [1.82, 2.24) is 10.2 Å². The Morgan fingerprint density at radius 1 is 0.946 bits per heavy atom. The molecule has 3 aromatic rings. The molecule has 3 aromatic carbocycles. The summed E-state index contributed by atoms with van der Waals surface area (Å²) in [4.78, 5) is 27.9. The summed E-state index contributed by atoms with van der Waals surface area (Å²) >= 11 is 12.3. The van der Waals surface area contributed by atoms with Crippen LogP contribution in [-0.4, -0.2) is 44.3 Å². The van der Waals surface area contributed by atoms with Gasteiger partial charge in [-0.2, -0.15) is 0 Å². The van der Waals surface area contributed by atoms with E-state index in [1.807, 2.05) is 31.2 Å². The van der Waals surface area contributed by atoms with E-state index in [9.17, 15) is 18.0 Å². The maximum absolute atomic E-state index is 13.8. The normalized spacial score (nSPS) is 12.0. The molecule has 0 heterocycles. The van der Waals surface area contributed by atoms with E-state index in [2.05, 4.69) is 5.32 Å². The lowest BCUT2D eigenvalue weighted by molar-refractivity contribution is -0.139. The lowest BCUT2D eigenvalue weighted by atomic mass is 10.1. The van der Waals surface area contributed by atoms with Crippen LogP contribution in [0.5, 0.6) is 0 Å². The van der Waals surface area contributed by atoms with Crippen molar-refractivity contribution in [2.45, 2.75) is 38.3 Å². The van der Waals surface area contributed by atoms with Gasteiger partial charge in [-0.25, -0.2) is 8.42 Å². The number of anilines is 1. The lowest BCUT2D eigenvalue weighted by Crippen LogP contribution is -2.51. The van der Waals surface area contributed by atoms with E-state index in [4.69, 9.17) is 23.2 Å². The number of carbonyl (C=O) groups is 2. The number of rotatable bonds is 10.